The van der Waals surface area contributed by atoms with Gasteiger partial charge < -0.3 is 34.8 Å². The second-order valence-electron chi connectivity index (χ2n) is 10.9. The summed E-state index contributed by atoms with van der Waals surface area (Å²) in [7, 11) is 7.63. The van der Waals surface area contributed by atoms with Crippen molar-refractivity contribution in [3.05, 3.63) is 89.1 Å². The van der Waals surface area contributed by atoms with E-state index in [2.05, 4.69) is 37.4 Å². The maximum Gasteiger partial charge on any atom is 0.266 e. The van der Waals surface area contributed by atoms with Crippen LogP contribution in [-0.4, -0.2) is 75.2 Å². The smallest absolute Gasteiger partial charge is 0.266 e. The van der Waals surface area contributed by atoms with Gasteiger partial charge in [-0.25, -0.2) is 4.98 Å². The number of nitriles is 1. The Morgan fingerprint density at radius 2 is 1.83 bits per heavy atom. The Morgan fingerprint density at radius 3 is 2.52 bits per heavy atom. The second kappa shape index (κ2) is 14.6. The molecule has 5 rings (SSSR count). The summed E-state index contributed by atoms with van der Waals surface area (Å²) < 4.78 is 11.6. The number of anilines is 5. The molecule has 0 bridgehead atoms. The minimum Gasteiger partial charge on any atom is -0.494 e. The zero-order valence-corrected chi connectivity index (χ0v) is 26.9. The van der Waals surface area contributed by atoms with Crippen LogP contribution in [0, 0.1) is 11.3 Å². The quantitative estimate of drug-likeness (QED) is 0.157. The minimum atomic E-state index is -0.546. The molecule has 0 atom stereocenters. The molecule has 4 aromatic rings. The number of carbonyl (C=O) groups excluding carboxylic acids is 1. The van der Waals surface area contributed by atoms with Gasteiger partial charge in [-0.1, -0.05) is 29.8 Å². The van der Waals surface area contributed by atoms with Crippen molar-refractivity contribution in [2.45, 2.75) is 0 Å². The van der Waals surface area contributed by atoms with Gasteiger partial charge in [0.05, 0.1) is 19.0 Å². The van der Waals surface area contributed by atoms with Gasteiger partial charge in [0.1, 0.15) is 28.2 Å². The van der Waals surface area contributed by atoms with Gasteiger partial charge in [0.25, 0.3) is 5.91 Å². The highest BCUT2D eigenvalue weighted by Gasteiger charge is 2.17. The number of benzene rings is 3. The molecule has 1 aliphatic heterocycles. The van der Waals surface area contributed by atoms with Crippen molar-refractivity contribution < 1.29 is 14.3 Å². The third-order valence-electron chi connectivity index (χ3n) is 7.40. The molecule has 1 amide bonds. The normalized spacial score (nSPS) is 13.5. The number of hydrogen-bond acceptors (Lipinski definition) is 10. The molecule has 46 heavy (non-hydrogen) atoms. The summed E-state index contributed by atoms with van der Waals surface area (Å²) in [5.41, 5.74) is 3.92. The lowest BCUT2D eigenvalue weighted by atomic mass is 10.1. The molecule has 0 unspecified atom stereocenters. The topological polar surface area (TPSA) is 119 Å². The van der Waals surface area contributed by atoms with Crippen LogP contribution in [0.4, 0.5) is 28.7 Å². The fraction of sp³-hybridized carbons (Fsp3) is 0.235. The van der Waals surface area contributed by atoms with Gasteiger partial charge in [-0.3, -0.25) is 4.79 Å². The summed E-state index contributed by atoms with van der Waals surface area (Å²) in [6, 6.07) is 22.2. The summed E-state index contributed by atoms with van der Waals surface area (Å²) in [6.07, 6.45) is 2.98. The largest absolute Gasteiger partial charge is 0.494 e. The van der Waals surface area contributed by atoms with Crippen molar-refractivity contribution >= 4 is 52.3 Å². The highest BCUT2D eigenvalue weighted by atomic mass is 35.5. The van der Waals surface area contributed by atoms with Crippen LogP contribution < -0.4 is 29.9 Å². The van der Waals surface area contributed by atoms with E-state index in [0.717, 1.165) is 43.1 Å². The fourth-order valence-electron chi connectivity index (χ4n) is 4.78. The number of nitrogens with zero attached hydrogens (tertiary/aromatic N) is 6. The number of carbonyl (C=O) groups is 1. The Kier molecular flexibility index (Phi) is 10.2. The Bertz CT molecular complexity index is 1760. The lowest BCUT2D eigenvalue weighted by molar-refractivity contribution is -0.112. The Morgan fingerprint density at radius 1 is 1.07 bits per heavy atom. The van der Waals surface area contributed by atoms with Crippen molar-refractivity contribution in [3.8, 4) is 23.4 Å². The van der Waals surface area contributed by atoms with Crippen LogP contribution in [0.3, 0.4) is 0 Å². The predicted octanol–water partition coefficient (Wildman–Crippen LogP) is 6.04. The molecular weight excluding hydrogens is 604 g/mol. The van der Waals surface area contributed by atoms with Crippen LogP contribution in [0.1, 0.15) is 5.56 Å². The molecule has 1 aliphatic rings. The number of nitrogens with one attached hydrogen (secondary N) is 2. The van der Waals surface area contributed by atoms with Crippen molar-refractivity contribution in [2.75, 3.05) is 74.9 Å². The average Bonchev–Trinajstić information content (AvgIpc) is 3.06. The molecule has 2 N–H and O–H groups in total. The molecule has 0 radical (unpaired) electrons. The summed E-state index contributed by atoms with van der Waals surface area (Å²) >= 11 is 6.39. The van der Waals surface area contributed by atoms with Gasteiger partial charge >= 0.3 is 0 Å². The number of aromatic nitrogens is 2. The summed E-state index contributed by atoms with van der Waals surface area (Å²) in [4.78, 5) is 28.3. The maximum absolute atomic E-state index is 12.9. The number of ether oxygens (including phenoxy) is 2. The maximum atomic E-state index is 12.9. The first-order chi connectivity index (χ1) is 22.2. The van der Waals surface area contributed by atoms with E-state index in [4.69, 9.17) is 21.1 Å². The Labute approximate surface area is 273 Å². The standard InChI is InChI=1S/C34H35ClN8O3/c1-41(2)26-10-8-23(9-11-26)18-24(21-36)32(44)38-25-6-5-7-28(19-25)46-33-29(35)22-37-34(40-33)39-30-13-12-27(20-31(30)45-4)43-16-14-42(3)15-17-43/h5-13,18-20,22H,14-17H2,1-4H3,(H,38,44)(H,37,39,40). The van der Waals surface area contributed by atoms with E-state index in [-0.39, 0.29) is 22.4 Å². The number of amides is 1. The third-order valence-corrected chi connectivity index (χ3v) is 7.66. The summed E-state index contributed by atoms with van der Waals surface area (Å²) in [6.45, 7) is 3.90. The Hall–Kier alpha value is -5.31. The van der Waals surface area contributed by atoms with Gasteiger partial charge in [0, 0.05) is 69.5 Å². The molecule has 11 nitrogen and oxygen atoms in total. The zero-order chi connectivity index (χ0) is 32.6. The lowest BCUT2D eigenvalue weighted by Gasteiger charge is -2.34. The van der Waals surface area contributed by atoms with E-state index in [0.29, 0.717) is 22.9 Å². The van der Waals surface area contributed by atoms with E-state index in [1.165, 1.54) is 6.20 Å². The van der Waals surface area contributed by atoms with E-state index in [9.17, 15) is 10.1 Å². The van der Waals surface area contributed by atoms with Crippen LogP contribution in [-0.2, 0) is 4.79 Å². The van der Waals surface area contributed by atoms with Crippen LogP contribution >= 0.6 is 11.6 Å². The van der Waals surface area contributed by atoms with Crippen LogP contribution in [0.2, 0.25) is 5.02 Å². The number of methoxy groups -OCH3 is 1. The SMILES string of the molecule is COc1cc(N2CCN(C)CC2)ccc1Nc1ncc(Cl)c(Oc2cccc(NC(=O)C(C#N)=Cc3ccc(N(C)C)cc3)c2)n1. The number of halogens is 1. The van der Waals surface area contributed by atoms with Crippen molar-refractivity contribution in [1.82, 2.24) is 14.9 Å². The molecule has 3 aromatic carbocycles. The molecular formula is C34H35ClN8O3. The molecule has 1 fully saturated rings. The van der Waals surface area contributed by atoms with Crippen molar-refractivity contribution in [2.24, 2.45) is 0 Å². The van der Waals surface area contributed by atoms with Gasteiger partial charge in [-0.05, 0) is 55.1 Å². The Balaban J connectivity index is 1.27. The molecule has 0 aliphatic carbocycles. The number of hydrogen-bond donors (Lipinski definition) is 2. The summed E-state index contributed by atoms with van der Waals surface area (Å²) in [5.74, 6) is 0.860. The first-order valence-corrected chi connectivity index (χ1v) is 15.0. The van der Waals surface area contributed by atoms with Crippen molar-refractivity contribution in [3.63, 3.8) is 0 Å². The molecule has 0 saturated carbocycles. The monoisotopic (exact) mass is 638 g/mol. The molecule has 12 heteroatoms. The zero-order valence-electron chi connectivity index (χ0n) is 26.1. The molecule has 2 heterocycles. The van der Waals surface area contributed by atoms with E-state index in [1.807, 2.05) is 67.5 Å². The third kappa shape index (κ3) is 8.04. The number of piperazine rings is 1. The highest BCUT2D eigenvalue weighted by Crippen LogP contribution is 2.34. The minimum absolute atomic E-state index is 0.0366. The lowest BCUT2D eigenvalue weighted by Crippen LogP contribution is -2.44. The van der Waals surface area contributed by atoms with Crippen LogP contribution in [0.25, 0.3) is 6.08 Å². The molecule has 0 spiro atoms. The predicted molar refractivity (Wildman–Crippen MR) is 183 cm³/mol. The summed E-state index contributed by atoms with van der Waals surface area (Å²) in [5, 5.41) is 15.8. The van der Waals surface area contributed by atoms with E-state index in [1.54, 1.807) is 37.5 Å². The average molecular weight is 639 g/mol. The van der Waals surface area contributed by atoms with E-state index >= 15 is 0 Å². The number of likely N-dealkylation sites (N-methyl/N-ethyl adjacent to an activating group) is 1. The van der Waals surface area contributed by atoms with Gasteiger partial charge in [0.2, 0.25) is 11.8 Å². The second-order valence-corrected chi connectivity index (χ2v) is 11.3. The van der Waals surface area contributed by atoms with Gasteiger partial charge in [-0.15, -0.1) is 0 Å². The van der Waals surface area contributed by atoms with Crippen LogP contribution in [0.5, 0.6) is 17.4 Å². The van der Waals surface area contributed by atoms with Crippen molar-refractivity contribution in [1.29, 1.82) is 5.26 Å². The molecule has 1 aromatic heterocycles. The van der Waals surface area contributed by atoms with Gasteiger partial charge in [0.15, 0.2) is 0 Å². The fourth-order valence-corrected chi connectivity index (χ4v) is 4.91. The molecule has 236 valence electrons. The first kappa shape index (κ1) is 32.1. The molecule has 1 saturated heterocycles. The van der Waals surface area contributed by atoms with Crippen LogP contribution in [0.15, 0.2) is 78.5 Å². The van der Waals surface area contributed by atoms with E-state index < -0.39 is 5.91 Å². The number of rotatable bonds is 10. The van der Waals surface area contributed by atoms with Gasteiger partial charge in [-0.2, -0.15) is 10.2 Å². The first-order valence-electron chi connectivity index (χ1n) is 14.6. The highest BCUT2D eigenvalue weighted by molar-refractivity contribution is 6.31.